The summed E-state index contributed by atoms with van der Waals surface area (Å²) in [5.74, 6) is 0.286. The van der Waals surface area contributed by atoms with Gasteiger partial charge in [-0.3, -0.25) is 0 Å². The zero-order chi connectivity index (χ0) is 12.4. The number of ether oxygens (including phenoxy) is 1. The van der Waals surface area contributed by atoms with Gasteiger partial charge in [0.05, 0.1) is 17.1 Å². The topological polar surface area (TPSA) is 53.2 Å². The molecule has 96 valence electrons. The van der Waals surface area contributed by atoms with E-state index in [1.807, 2.05) is 6.92 Å². The molecule has 1 aliphatic heterocycles. The summed E-state index contributed by atoms with van der Waals surface area (Å²) < 4.78 is 5.35. The van der Waals surface area contributed by atoms with Crippen LogP contribution in [0.15, 0.2) is 0 Å². The number of hydrogen-bond acceptors (Lipinski definition) is 3. The van der Waals surface area contributed by atoms with Crippen LogP contribution in [-0.2, 0) is 4.74 Å². The van der Waals surface area contributed by atoms with Gasteiger partial charge in [-0.25, -0.2) is 0 Å². The molecule has 0 amide bonds. The Bertz CT molecular complexity index is 294. The van der Waals surface area contributed by atoms with Crippen LogP contribution >= 0.6 is 0 Å². The third-order valence-electron chi connectivity index (χ3n) is 4.93. The number of nitrogens with zero attached hydrogens (tertiary/aromatic N) is 1. The van der Waals surface area contributed by atoms with E-state index in [0.29, 0.717) is 26.1 Å². The highest BCUT2D eigenvalue weighted by molar-refractivity contribution is 5.13. The van der Waals surface area contributed by atoms with Crippen molar-refractivity contribution in [2.75, 3.05) is 13.2 Å². The summed E-state index contributed by atoms with van der Waals surface area (Å²) in [6.45, 7) is 3.10. The fraction of sp³-hybridized carbons (Fsp3) is 0.929. The third-order valence-corrected chi connectivity index (χ3v) is 4.93. The van der Waals surface area contributed by atoms with E-state index in [-0.39, 0.29) is 5.92 Å². The number of aliphatic hydroxyl groups is 1. The number of hydrogen-bond donors (Lipinski definition) is 1. The second-order valence-electron chi connectivity index (χ2n) is 5.79. The van der Waals surface area contributed by atoms with Gasteiger partial charge in [-0.1, -0.05) is 19.3 Å². The molecule has 0 aromatic carbocycles. The van der Waals surface area contributed by atoms with E-state index < -0.39 is 11.0 Å². The molecule has 2 rings (SSSR count). The Balaban J connectivity index is 2.18. The average molecular weight is 237 g/mol. The smallest absolute Gasteiger partial charge is 0.0903 e. The van der Waals surface area contributed by atoms with Gasteiger partial charge in [-0.2, -0.15) is 5.26 Å². The average Bonchev–Trinajstić information content (AvgIpc) is 2.40. The Morgan fingerprint density at radius 1 is 1.24 bits per heavy atom. The zero-order valence-electron chi connectivity index (χ0n) is 10.7. The molecule has 0 aromatic heterocycles. The van der Waals surface area contributed by atoms with E-state index in [0.717, 1.165) is 12.8 Å². The standard InChI is InChI=1S/C14H23NO2/c1-13(16,12-5-3-2-4-6-12)14(11-15)7-9-17-10-8-14/h12,16H,2-10H2,1H3. The van der Waals surface area contributed by atoms with Crippen LogP contribution < -0.4 is 0 Å². The molecule has 1 aliphatic carbocycles. The van der Waals surface area contributed by atoms with Crippen molar-refractivity contribution in [3.63, 3.8) is 0 Å². The van der Waals surface area contributed by atoms with Gasteiger partial charge in [-0.05, 0) is 38.5 Å². The molecule has 1 saturated carbocycles. The summed E-state index contributed by atoms with van der Waals surface area (Å²) in [6.07, 6.45) is 7.14. The number of nitriles is 1. The third kappa shape index (κ3) is 2.21. The van der Waals surface area contributed by atoms with Gasteiger partial charge in [0, 0.05) is 13.2 Å². The molecule has 0 radical (unpaired) electrons. The Hall–Kier alpha value is -0.590. The maximum atomic E-state index is 10.9. The van der Waals surface area contributed by atoms with Crippen molar-refractivity contribution in [2.45, 2.75) is 57.5 Å². The maximum absolute atomic E-state index is 10.9. The second-order valence-corrected chi connectivity index (χ2v) is 5.79. The van der Waals surface area contributed by atoms with Crippen LogP contribution in [-0.4, -0.2) is 23.9 Å². The van der Waals surface area contributed by atoms with Crippen molar-refractivity contribution in [2.24, 2.45) is 11.3 Å². The lowest BCUT2D eigenvalue weighted by Gasteiger charge is -2.48. The molecule has 1 N–H and O–H groups in total. The summed E-state index contributed by atoms with van der Waals surface area (Å²) in [4.78, 5) is 0. The van der Waals surface area contributed by atoms with E-state index in [4.69, 9.17) is 4.74 Å². The van der Waals surface area contributed by atoms with Crippen molar-refractivity contribution >= 4 is 0 Å². The summed E-state index contributed by atoms with van der Waals surface area (Å²) in [5.41, 5.74) is -1.45. The second kappa shape index (κ2) is 4.96. The Labute approximate surface area is 104 Å². The van der Waals surface area contributed by atoms with Crippen LogP contribution in [0.25, 0.3) is 0 Å². The molecular weight excluding hydrogens is 214 g/mol. The first kappa shape index (κ1) is 12.9. The minimum absolute atomic E-state index is 0.286. The first-order valence-corrected chi connectivity index (χ1v) is 6.84. The molecule has 2 fully saturated rings. The van der Waals surface area contributed by atoms with E-state index in [9.17, 15) is 10.4 Å². The molecule has 0 aromatic rings. The molecule has 1 unspecified atom stereocenters. The fourth-order valence-electron chi connectivity index (χ4n) is 3.51. The van der Waals surface area contributed by atoms with Crippen LogP contribution in [0.2, 0.25) is 0 Å². The van der Waals surface area contributed by atoms with Gasteiger partial charge in [0.1, 0.15) is 0 Å². The van der Waals surface area contributed by atoms with Gasteiger partial charge >= 0.3 is 0 Å². The molecule has 1 heterocycles. The molecular formula is C14H23NO2. The molecule has 3 nitrogen and oxygen atoms in total. The van der Waals surface area contributed by atoms with E-state index in [1.54, 1.807) is 0 Å². The van der Waals surface area contributed by atoms with Crippen LogP contribution in [0.3, 0.4) is 0 Å². The van der Waals surface area contributed by atoms with Crippen molar-refractivity contribution in [1.29, 1.82) is 5.26 Å². The number of rotatable bonds is 2. The SMILES string of the molecule is CC(O)(C1CCCCC1)C1(C#N)CCOCC1. The van der Waals surface area contributed by atoms with Gasteiger partial charge in [0.15, 0.2) is 0 Å². The molecule has 0 bridgehead atoms. The Morgan fingerprint density at radius 2 is 1.82 bits per heavy atom. The van der Waals surface area contributed by atoms with Crippen LogP contribution in [0.5, 0.6) is 0 Å². The highest BCUT2D eigenvalue weighted by Gasteiger charge is 2.52. The summed E-state index contributed by atoms with van der Waals surface area (Å²) >= 11 is 0. The normalized spacial score (nSPS) is 29.2. The monoisotopic (exact) mass is 237 g/mol. The molecule has 1 saturated heterocycles. The molecule has 17 heavy (non-hydrogen) atoms. The minimum Gasteiger partial charge on any atom is -0.388 e. The largest absolute Gasteiger partial charge is 0.388 e. The first-order valence-electron chi connectivity index (χ1n) is 6.84. The summed E-state index contributed by atoms with van der Waals surface area (Å²) in [6, 6.07) is 2.42. The quantitative estimate of drug-likeness (QED) is 0.803. The molecule has 1 atom stereocenters. The summed E-state index contributed by atoms with van der Waals surface area (Å²) in [7, 11) is 0. The van der Waals surface area contributed by atoms with E-state index >= 15 is 0 Å². The predicted molar refractivity (Wildman–Crippen MR) is 65.3 cm³/mol. The minimum atomic E-state index is -0.855. The molecule has 2 aliphatic rings. The van der Waals surface area contributed by atoms with E-state index in [2.05, 4.69) is 6.07 Å². The molecule has 0 spiro atoms. The van der Waals surface area contributed by atoms with Crippen LogP contribution in [0, 0.1) is 22.7 Å². The van der Waals surface area contributed by atoms with Gasteiger partial charge < -0.3 is 9.84 Å². The Morgan fingerprint density at radius 3 is 2.35 bits per heavy atom. The van der Waals surface area contributed by atoms with Gasteiger partial charge in [-0.15, -0.1) is 0 Å². The predicted octanol–water partition coefficient (Wildman–Crippen LogP) is 2.64. The first-order chi connectivity index (χ1) is 8.12. The van der Waals surface area contributed by atoms with Crippen LogP contribution in [0.1, 0.15) is 51.9 Å². The van der Waals surface area contributed by atoms with Crippen molar-refractivity contribution < 1.29 is 9.84 Å². The maximum Gasteiger partial charge on any atom is 0.0903 e. The lowest BCUT2D eigenvalue weighted by atomic mass is 9.60. The lowest BCUT2D eigenvalue weighted by Crippen LogP contribution is -2.53. The van der Waals surface area contributed by atoms with Crippen molar-refractivity contribution in [3.8, 4) is 6.07 Å². The van der Waals surface area contributed by atoms with Crippen molar-refractivity contribution in [3.05, 3.63) is 0 Å². The fourth-order valence-corrected chi connectivity index (χ4v) is 3.51. The Kier molecular flexibility index (Phi) is 3.75. The molecule has 3 heteroatoms. The highest BCUT2D eigenvalue weighted by Crippen LogP contribution is 2.48. The zero-order valence-corrected chi connectivity index (χ0v) is 10.7. The lowest BCUT2D eigenvalue weighted by molar-refractivity contribution is -0.132. The van der Waals surface area contributed by atoms with E-state index in [1.165, 1.54) is 19.3 Å². The van der Waals surface area contributed by atoms with Gasteiger partial charge in [0.2, 0.25) is 0 Å². The van der Waals surface area contributed by atoms with Crippen molar-refractivity contribution in [1.82, 2.24) is 0 Å². The van der Waals surface area contributed by atoms with Crippen LogP contribution in [0.4, 0.5) is 0 Å². The van der Waals surface area contributed by atoms with Gasteiger partial charge in [0.25, 0.3) is 0 Å². The highest BCUT2D eigenvalue weighted by atomic mass is 16.5. The summed E-state index contributed by atoms with van der Waals surface area (Å²) in [5, 5.41) is 20.5.